The van der Waals surface area contributed by atoms with Crippen LogP contribution in [0.15, 0.2) is 136 Å². The van der Waals surface area contributed by atoms with Crippen molar-refractivity contribution in [3.63, 3.8) is 0 Å². The van der Waals surface area contributed by atoms with Gasteiger partial charge >= 0.3 is 24.2 Å². The quantitative estimate of drug-likeness (QED) is 0.0835. The van der Waals surface area contributed by atoms with Crippen LogP contribution in [0.3, 0.4) is 0 Å². The molecule has 12 heteroatoms. The minimum Gasteiger partial charge on any atom is -0.221 e. The molecule has 0 aromatic heterocycles. The average molecular weight is 767 g/mol. The predicted molar refractivity (Wildman–Crippen MR) is 186 cm³/mol. The molecule has 0 saturated carbocycles. The zero-order valence-corrected chi connectivity index (χ0v) is 28.6. The number of halogens is 12. The summed E-state index contributed by atoms with van der Waals surface area (Å²) in [6.45, 7) is 14.1. The molecule has 4 aromatic carbocycles. The van der Waals surface area contributed by atoms with Crippen molar-refractivity contribution >= 4 is 0 Å². The molecule has 2 unspecified atom stereocenters. The van der Waals surface area contributed by atoms with Gasteiger partial charge in [-0.05, 0) is 71.2 Å². The third kappa shape index (κ3) is 7.27. The Labute approximate surface area is 304 Å². The molecule has 0 fully saturated rings. The Morgan fingerprint density at radius 3 is 0.870 bits per heavy atom. The highest BCUT2D eigenvalue weighted by atomic mass is 19.4. The van der Waals surface area contributed by atoms with E-state index >= 15 is 26.3 Å². The van der Waals surface area contributed by atoms with Crippen LogP contribution in [0.1, 0.15) is 44.5 Å². The van der Waals surface area contributed by atoms with Crippen molar-refractivity contribution in [3.8, 4) is 11.1 Å². The van der Waals surface area contributed by atoms with E-state index in [9.17, 15) is 26.3 Å². The van der Waals surface area contributed by atoms with E-state index in [1.807, 2.05) is 0 Å². The molecule has 0 N–H and O–H groups in total. The van der Waals surface area contributed by atoms with Crippen molar-refractivity contribution < 1.29 is 52.7 Å². The molecule has 0 saturated heterocycles. The summed E-state index contributed by atoms with van der Waals surface area (Å²) in [6, 6.07) is 10.1. The molecule has 0 amide bonds. The Hall–Kier alpha value is -5.00. The molecule has 0 radical (unpaired) electrons. The Kier molecular flexibility index (Phi) is 11.9. The van der Waals surface area contributed by atoms with Gasteiger partial charge in [-0.1, -0.05) is 97.1 Å². The number of benzene rings is 4. The average Bonchev–Trinajstić information content (AvgIpc) is 3.11. The zero-order valence-electron chi connectivity index (χ0n) is 28.6. The molecular formula is C42H34F12. The standard InChI is InChI=1S/C42H34F12/c1-5-9-27-17-23-35(25-31(27)11-7-3)39(45,46)37(43,41(49,50)51)33-19-13-29(14-20-33)30-15-21-34(22-16-30)38(44,42(52,53)54)40(47,48)36-24-18-28(10-6-2)32(26-36)12-8-4/h5-8,13-26H,1-4,9-12H2. The first kappa shape index (κ1) is 41.8. The van der Waals surface area contributed by atoms with Crippen molar-refractivity contribution in [1.29, 1.82) is 0 Å². The molecule has 0 bridgehead atoms. The van der Waals surface area contributed by atoms with Gasteiger partial charge in [0.05, 0.1) is 0 Å². The Morgan fingerprint density at radius 1 is 0.352 bits per heavy atom. The lowest BCUT2D eigenvalue weighted by Crippen LogP contribution is -2.51. The van der Waals surface area contributed by atoms with Crippen molar-refractivity contribution in [3.05, 3.63) is 180 Å². The molecule has 2 atom stereocenters. The molecule has 54 heavy (non-hydrogen) atoms. The number of hydrogen-bond donors (Lipinski definition) is 0. The van der Waals surface area contributed by atoms with E-state index < -0.39 is 57.8 Å². The highest BCUT2D eigenvalue weighted by Crippen LogP contribution is 2.59. The van der Waals surface area contributed by atoms with E-state index in [-0.39, 0.29) is 47.9 Å². The topological polar surface area (TPSA) is 0 Å². The van der Waals surface area contributed by atoms with Crippen LogP contribution in [0.4, 0.5) is 52.7 Å². The maximum atomic E-state index is 16.1. The van der Waals surface area contributed by atoms with Gasteiger partial charge in [-0.25, -0.2) is 8.78 Å². The SMILES string of the molecule is C=CCc1ccc(C(F)(F)C(F)(c2ccc(-c3ccc(C(F)(C(F)(F)F)C(F)(F)c4ccc(CC=C)c(CC=C)c4)cc3)cc2)C(F)(F)F)cc1CC=C. The van der Waals surface area contributed by atoms with Gasteiger partial charge in [0.25, 0.3) is 11.3 Å². The van der Waals surface area contributed by atoms with Crippen LogP contribution in [-0.2, 0) is 48.9 Å². The van der Waals surface area contributed by atoms with Crippen molar-refractivity contribution in [2.24, 2.45) is 0 Å². The molecule has 0 aliphatic carbocycles. The lowest BCUT2D eigenvalue weighted by atomic mass is 9.82. The summed E-state index contributed by atoms with van der Waals surface area (Å²) < 4.78 is 182. The number of rotatable bonds is 15. The fraction of sp³-hybridized carbons (Fsp3) is 0.238. The second kappa shape index (κ2) is 15.4. The van der Waals surface area contributed by atoms with E-state index in [1.165, 1.54) is 24.3 Å². The van der Waals surface area contributed by atoms with Gasteiger partial charge in [0, 0.05) is 22.3 Å². The van der Waals surface area contributed by atoms with Gasteiger partial charge in [0.15, 0.2) is 0 Å². The van der Waals surface area contributed by atoms with Crippen LogP contribution >= 0.6 is 0 Å². The first-order valence-electron chi connectivity index (χ1n) is 16.3. The van der Waals surface area contributed by atoms with E-state index in [1.54, 1.807) is 0 Å². The summed E-state index contributed by atoms with van der Waals surface area (Å²) in [5, 5.41) is 0. The van der Waals surface area contributed by atoms with Gasteiger partial charge in [-0.15, -0.1) is 26.3 Å². The van der Waals surface area contributed by atoms with Crippen LogP contribution in [-0.4, -0.2) is 12.4 Å². The molecule has 0 aliphatic heterocycles. The zero-order chi connectivity index (χ0) is 40.3. The Bertz CT molecular complexity index is 1840. The summed E-state index contributed by atoms with van der Waals surface area (Å²) in [7, 11) is 0. The van der Waals surface area contributed by atoms with Gasteiger partial charge in [0.2, 0.25) is 0 Å². The monoisotopic (exact) mass is 766 g/mol. The summed E-state index contributed by atoms with van der Waals surface area (Å²) in [5.74, 6) is -10.3. The molecule has 286 valence electrons. The number of hydrogen-bond acceptors (Lipinski definition) is 0. The van der Waals surface area contributed by atoms with E-state index in [4.69, 9.17) is 0 Å². The van der Waals surface area contributed by atoms with Crippen molar-refractivity contribution in [2.45, 2.75) is 61.2 Å². The fourth-order valence-corrected chi connectivity index (χ4v) is 6.27. The Morgan fingerprint density at radius 2 is 0.611 bits per heavy atom. The van der Waals surface area contributed by atoms with Gasteiger partial charge in [-0.2, -0.15) is 43.9 Å². The minimum absolute atomic E-state index is 0.00409. The second-order valence-corrected chi connectivity index (χ2v) is 12.6. The van der Waals surface area contributed by atoms with E-state index in [0.29, 0.717) is 47.5 Å². The molecule has 0 aliphatic rings. The lowest BCUT2D eigenvalue weighted by Gasteiger charge is -2.36. The van der Waals surface area contributed by atoms with E-state index in [2.05, 4.69) is 26.3 Å². The highest BCUT2D eigenvalue weighted by Gasteiger charge is 2.73. The summed E-state index contributed by atoms with van der Waals surface area (Å²) >= 11 is 0. The smallest absolute Gasteiger partial charge is 0.221 e. The van der Waals surface area contributed by atoms with Crippen LogP contribution in [0.25, 0.3) is 11.1 Å². The van der Waals surface area contributed by atoms with Crippen LogP contribution in [0.5, 0.6) is 0 Å². The van der Waals surface area contributed by atoms with Crippen molar-refractivity contribution in [1.82, 2.24) is 0 Å². The highest BCUT2D eigenvalue weighted by molar-refractivity contribution is 5.65. The number of alkyl halides is 12. The minimum atomic E-state index is -6.15. The molecule has 0 heterocycles. The molecule has 0 nitrogen and oxygen atoms in total. The molecule has 4 rings (SSSR count). The first-order chi connectivity index (χ1) is 25.1. The Balaban J connectivity index is 1.75. The summed E-state index contributed by atoms with van der Waals surface area (Å²) in [6.07, 6.45) is -6.32. The third-order valence-corrected chi connectivity index (χ3v) is 9.14. The third-order valence-electron chi connectivity index (χ3n) is 9.14. The van der Waals surface area contributed by atoms with Gasteiger partial charge in [-0.3, -0.25) is 0 Å². The largest absolute Gasteiger partial charge is 0.433 e. The van der Waals surface area contributed by atoms with Crippen molar-refractivity contribution in [2.75, 3.05) is 0 Å². The molecular weight excluding hydrogens is 732 g/mol. The maximum Gasteiger partial charge on any atom is 0.433 e. The second-order valence-electron chi connectivity index (χ2n) is 12.6. The van der Waals surface area contributed by atoms with E-state index in [0.717, 1.165) is 48.5 Å². The van der Waals surface area contributed by atoms with Crippen LogP contribution in [0.2, 0.25) is 0 Å². The van der Waals surface area contributed by atoms with Gasteiger partial charge < -0.3 is 0 Å². The first-order valence-corrected chi connectivity index (χ1v) is 16.3. The molecule has 0 spiro atoms. The van der Waals surface area contributed by atoms with Crippen LogP contribution in [0, 0.1) is 0 Å². The van der Waals surface area contributed by atoms with Gasteiger partial charge in [0.1, 0.15) is 0 Å². The predicted octanol–water partition coefficient (Wildman–Crippen LogP) is 13.3. The maximum absolute atomic E-state index is 16.1. The summed E-state index contributed by atoms with van der Waals surface area (Å²) in [5.41, 5.74) is -15.0. The normalized spacial score (nSPS) is 14.8. The lowest BCUT2D eigenvalue weighted by molar-refractivity contribution is -0.315. The fourth-order valence-electron chi connectivity index (χ4n) is 6.27. The summed E-state index contributed by atoms with van der Waals surface area (Å²) in [4.78, 5) is 0. The molecule has 4 aromatic rings. The number of allylic oxidation sites excluding steroid dienone is 4. The van der Waals surface area contributed by atoms with Crippen LogP contribution < -0.4 is 0 Å².